The molecule has 0 radical (unpaired) electrons. The second-order valence-electron chi connectivity index (χ2n) is 3.11. The molecule has 0 bridgehead atoms. The third-order valence-corrected chi connectivity index (χ3v) is 3.37. The van der Waals surface area contributed by atoms with E-state index >= 15 is 0 Å². The van der Waals surface area contributed by atoms with Gasteiger partial charge in [0, 0.05) is 5.69 Å². The maximum absolute atomic E-state index is 12.2. The Hall–Kier alpha value is -1.61. The lowest BCUT2D eigenvalue weighted by atomic mass is 10.3. The van der Waals surface area contributed by atoms with Crippen molar-refractivity contribution in [1.29, 1.82) is 0 Å². The zero-order chi connectivity index (χ0) is 12.9. The van der Waals surface area contributed by atoms with Gasteiger partial charge in [-0.1, -0.05) is 5.92 Å². The van der Waals surface area contributed by atoms with Crippen molar-refractivity contribution in [2.45, 2.75) is 17.6 Å². The van der Waals surface area contributed by atoms with Gasteiger partial charge in [0.1, 0.15) is 0 Å². The molecular weight excluding hydrogens is 248 g/mol. The normalized spacial score (nSPS) is 10.8. The number of nitrogens with one attached hydrogen (secondary N) is 1. The van der Waals surface area contributed by atoms with Gasteiger partial charge in [-0.3, -0.25) is 0 Å². The smallest absolute Gasteiger partial charge is 0.341 e. The van der Waals surface area contributed by atoms with Gasteiger partial charge in [-0.2, -0.15) is 8.78 Å². The van der Waals surface area contributed by atoms with Gasteiger partial charge in [0.2, 0.25) is 9.84 Å². The van der Waals surface area contributed by atoms with E-state index in [1.54, 1.807) is 6.92 Å². The van der Waals surface area contributed by atoms with Crippen molar-refractivity contribution < 1.29 is 17.2 Å². The fraction of sp³-hybridized carbons (Fsp3) is 0.273. The molecule has 3 nitrogen and oxygen atoms in total. The lowest BCUT2D eigenvalue weighted by Crippen LogP contribution is -2.11. The first kappa shape index (κ1) is 13.5. The second kappa shape index (κ2) is 5.64. The number of anilines is 1. The van der Waals surface area contributed by atoms with Crippen LogP contribution in [0.25, 0.3) is 0 Å². The predicted molar refractivity (Wildman–Crippen MR) is 61.6 cm³/mol. The van der Waals surface area contributed by atoms with Crippen LogP contribution in [0.3, 0.4) is 0 Å². The van der Waals surface area contributed by atoms with Gasteiger partial charge in [0.05, 0.1) is 11.4 Å². The topological polar surface area (TPSA) is 46.2 Å². The molecule has 0 heterocycles. The van der Waals surface area contributed by atoms with Crippen LogP contribution in [0.4, 0.5) is 14.5 Å². The molecule has 0 aromatic heterocycles. The molecule has 1 aromatic rings. The maximum atomic E-state index is 12.2. The third-order valence-electron chi connectivity index (χ3n) is 1.98. The number of sulfone groups is 1. The van der Waals surface area contributed by atoms with E-state index in [1.807, 2.05) is 0 Å². The molecule has 0 aliphatic heterocycles. The highest BCUT2D eigenvalue weighted by molar-refractivity contribution is 7.91. The first-order chi connectivity index (χ1) is 7.98. The van der Waals surface area contributed by atoms with E-state index in [4.69, 9.17) is 0 Å². The van der Waals surface area contributed by atoms with Crippen LogP contribution in [0.15, 0.2) is 29.2 Å². The third kappa shape index (κ3) is 3.43. The van der Waals surface area contributed by atoms with E-state index in [1.165, 1.54) is 12.1 Å². The summed E-state index contributed by atoms with van der Waals surface area (Å²) >= 11 is 0. The first-order valence-electron chi connectivity index (χ1n) is 4.74. The molecule has 1 N–H and O–H groups in total. The zero-order valence-corrected chi connectivity index (χ0v) is 9.89. The number of hydrogen-bond donors (Lipinski definition) is 1. The highest BCUT2D eigenvalue weighted by Gasteiger charge is 2.26. The van der Waals surface area contributed by atoms with Gasteiger partial charge in [0.25, 0.3) is 0 Å². The van der Waals surface area contributed by atoms with Gasteiger partial charge < -0.3 is 5.32 Å². The molecule has 0 unspecified atom stereocenters. The summed E-state index contributed by atoms with van der Waals surface area (Å²) in [4.78, 5) is -0.389. The average Bonchev–Trinajstić information content (AvgIpc) is 2.30. The molecule has 0 spiro atoms. The Labute approximate surface area is 98.8 Å². The molecule has 0 amide bonds. The lowest BCUT2D eigenvalue weighted by Gasteiger charge is -2.05. The van der Waals surface area contributed by atoms with Crippen molar-refractivity contribution in [3.05, 3.63) is 24.3 Å². The van der Waals surface area contributed by atoms with Gasteiger partial charge in [-0.15, -0.1) is 5.92 Å². The molecule has 0 atom stereocenters. The molecule has 92 valence electrons. The summed E-state index contributed by atoms with van der Waals surface area (Å²) in [5, 5.41) is 2.90. The molecule has 0 aliphatic rings. The quantitative estimate of drug-likeness (QED) is 0.842. The van der Waals surface area contributed by atoms with Crippen LogP contribution in [-0.4, -0.2) is 20.7 Å². The van der Waals surface area contributed by atoms with Crippen molar-refractivity contribution >= 4 is 15.5 Å². The minimum absolute atomic E-state index is 0.389. The van der Waals surface area contributed by atoms with Crippen molar-refractivity contribution in [1.82, 2.24) is 0 Å². The van der Waals surface area contributed by atoms with Crippen molar-refractivity contribution in [3.63, 3.8) is 0 Å². The summed E-state index contributed by atoms with van der Waals surface area (Å²) in [6.07, 6.45) is 0. The molecule has 0 saturated heterocycles. The molecule has 0 saturated carbocycles. The largest absolute Gasteiger partial charge is 0.374 e. The van der Waals surface area contributed by atoms with Crippen LogP contribution < -0.4 is 5.32 Å². The first-order valence-corrected chi connectivity index (χ1v) is 6.28. The van der Waals surface area contributed by atoms with E-state index < -0.39 is 15.6 Å². The fourth-order valence-corrected chi connectivity index (χ4v) is 1.82. The number of alkyl halides is 2. The van der Waals surface area contributed by atoms with Crippen LogP contribution in [0.1, 0.15) is 6.92 Å². The van der Waals surface area contributed by atoms with Gasteiger partial charge in [-0.05, 0) is 31.2 Å². The minimum atomic E-state index is -4.51. The summed E-state index contributed by atoms with van der Waals surface area (Å²) in [6, 6.07) is 5.13. The lowest BCUT2D eigenvalue weighted by molar-refractivity contribution is 0.234. The molecule has 1 aromatic carbocycles. The van der Waals surface area contributed by atoms with Gasteiger partial charge in [0.15, 0.2) is 0 Å². The molecule has 17 heavy (non-hydrogen) atoms. The summed E-state index contributed by atoms with van der Waals surface area (Å²) < 4.78 is 46.7. The highest BCUT2D eigenvalue weighted by Crippen LogP contribution is 2.19. The van der Waals surface area contributed by atoms with E-state index in [9.17, 15) is 17.2 Å². The van der Waals surface area contributed by atoms with E-state index in [0.717, 1.165) is 12.1 Å². The summed E-state index contributed by atoms with van der Waals surface area (Å²) in [5.41, 5.74) is 0.626. The SMILES string of the molecule is CC#CCNc1ccc(S(=O)(=O)C(F)F)cc1. The van der Waals surface area contributed by atoms with Crippen molar-refractivity contribution in [2.75, 3.05) is 11.9 Å². The van der Waals surface area contributed by atoms with Crippen LogP contribution >= 0.6 is 0 Å². The summed E-state index contributed by atoms with van der Waals surface area (Å²) in [5.74, 6) is 2.05. The minimum Gasteiger partial charge on any atom is -0.374 e. The zero-order valence-electron chi connectivity index (χ0n) is 9.07. The van der Waals surface area contributed by atoms with Gasteiger partial charge in [-0.25, -0.2) is 8.42 Å². The standard InChI is InChI=1S/C11H11F2NO2S/c1-2-3-8-14-9-4-6-10(7-5-9)17(15,16)11(12)13/h4-7,11,14H,8H2,1H3. The Morgan fingerprint density at radius 2 is 1.88 bits per heavy atom. The Morgan fingerprint density at radius 1 is 1.29 bits per heavy atom. The van der Waals surface area contributed by atoms with Crippen molar-refractivity contribution in [2.24, 2.45) is 0 Å². The highest BCUT2D eigenvalue weighted by atomic mass is 32.2. The number of halogens is 2. The van der Waals surface area contributed by atoms with E-state index in [2.05, 4.69) is 17.2 Å². The Kier molecular flexibility index (Phi) is 4.46. The summed E-state index contributed by atoms with van der Waals surface area (Å²) in [7, 11) is -4.51. The molecule has 6 heteroatoms. The molecular formula is C11H11F2NO2S. The van der Waals surface area contributed by atoms with Crippen LogP contribution in [0, 0.1) is 11.8 Å². The van der Waals surface area contributed by atoms with Gasteiger partial charge >= 0.3 is 5.76 Å². The van der Waals surface area contributed by atoms with E-state index in [0.29, 0.717) is 12.2 Å². The predicted octanol–water partition coefficient (Wildman–Crippen LogP) is 2.12. The summed E-state index contributed by atoms with van der Waals surface area (Å²) in [6.45, 7) is 2.11. The fourth-order valence-electron chi connectivity index (χ4n) is 1.10. The van der Waals surface area contributed by atoms with Crippen molar-refractivity contribution in [3.8, 4) is 11.8 Å². The molecule has 1 rings (SSSR count). The Balaban J connectivity index is 2.84. The second-order valence-corrected chi connectivity index (χ2v) is 5.03. The molecule has 0 aliphatic carbocycles. The number of hydrogen-bond acceptors (Lipinski definition) is 3. The van der Waals surface area contributed by atoms with Crippen LogP contribution in [0.2, 0.25) is 0 Å². The average molecular weight is 259 g/mol. The van der Waals surface area contributed by atoms with E-state index in [-0.39, 0.29) is 4.90 Å². The maximum Gasteiger partial charge on any atom is 0.341 e. The number of benzene rings is 1. The molecule has 0 fully saturated rings. The monoisotopic (exact) mass is 259 g/mol. The Morgan fingerprint density at radius 3 is 2.35 bits per heavy atom. The van der Waals surface area contributed by atoms with Crippen LogP contribution in [-0.2, 0) is 9.84 Å². The Bertz CT molecular complexity index is 527. The number of rotatable bonds is 4. The van der Waals surface area contributed by atoms with Crippen LogP contribution in [0.5, 0.6) is 0 Å².